The van der Waals surface area contributed by atoms with Crippen molar-refractivity contribution in [3.8, 4) is 0 Å². The molecule has 0 rings (SSSR count). The number of unbranched alkanes of at least 4 members (excludes halogenated alkanes) is 16. The van der Waals surface area contributed by atoms with E-state index in [9.17, 15) is 0 Å². The van der Waals surface area contributed by atoms with E-state index in [-0.39, 0.29) is 0 Å². The quantitative estimate of drug-likeness (QED) is 0.183. The van der Waals surface area contributed by atoms with Crippen LogP contribution in [0.5, 0.6) is 0 Å². The molecule has 1 heteroatoms. The summed E-state index contributed by atoms with van der Waals surface area (Å²) in [6, 6.07) is 0. The van der Waals surface area contributed by atoms with Crippen LogP contribution in [0.2, 0.25) is 0 Å². The minimum absolute atomic E-state index is 0.811. The second-order valence-corrected chi connectivity index (χ2v) is 6.97. The van der Waals surface area contributed by atoms with Crippen LogP contribution in [-0.4, -0.2) is 7.11 Å². The van der Waals surface area contributed by atoms with E-state index in [4.69, 9.17) is 4.74 Å². The van der Waals surface area contributed by atoms with Crippen molar-refractivity contribution in [1.82, 2.24) is 0 Å². The van der Waals surface area contributed by atoms with E-state index in [0.717, 1.165) is 12.2 Å². The van der Waals surface area contributed by atoms with Crippen molar-refractivity contribution >= 4 is 0 Å². The number of ether oxygens (including phenoxy) is 1. The van der Waals surface area contributed by atoms with Crippen LogP contribution in [0.3, 0.4) is 0 Å². The maximum absolute atomic E-state index is 5.03. The second kappa shape index (κ2) is 19.6. The molecule has 1 radical (unpaired) electrons. The molecule has 23 heavy (non-hydrogen) atoms. The topological polar surface area (TPSA) is 9.23 Å². The molecule has 137 valence electrons. The first-order valence-corrected chi connectivity index (χ1v) is 10.4. The summed E-state index contributed by atoms with van der Waals surface area (Å²) in [7, 11) is 1.69. The van der Waals surface area contributed by atoms with Crippen molar-refractivity contribution in [1.29, 1.82) is 0 Å². The Morgan fingerprint density at radius 2 is 1.00 bits per heavy atom. The Labute approximate surface area is 147 Å². The average Bonchev–Trinajstić information content (AvgIpc) is 2.57. The summed E-state index contributed by atoms with van der Waals surface area (Å²) in [5, 5.41) is 0. The zero-order chi connectivity index (χ0) is 17.0. The van der Waals surface area contributed by atoms with Gasteiger partial charge in [0.05, 0.1) is 12.9 Å². The molecule has 0 bridgehead atoms. The molecule has 0 aromatic rings. The fourth-order valence-electron chi connectivity index (χ4n) is 3.04. The Balaban J connectivity index is 3.03. The molecule has 1 nitrogen and oxygen atoms in total. The molecule has 0 amide bonds. The van der Waals surface area contributed by atoms with Gasteiger partial charge in [0.1, 0.15) is 0 Å². The lowest BCUT2D eigenvalue weighted by Gasteiger charge is -2.03. The first kappa shape index (κ1) is 22.5. The monoisotopic (exact) mass is 323 g/mol. The Bertz CT molecular complexity index is 244. The lowest BCUT2D eigenvalue weighted by atomic mass is 10.0. The average molecular weight is 324 g/mol. The van der Waals surface area contributed by atoms with Crippen molar-refractivity contribution in [3.05, 3.63) is 18.8 Å². The lowest BCUT2D eigenvalue weighted by Crippen LogP contribution is -1.84. The van der Waals surface area contributed by atoms with Crippen molar-refractivity contribution in [2.24, 2.45) is 0 Å². The number of hydrogen-bond donors (Lipinski definition) is 0. The smallest absolute Gasteiger partial charge is 0.0920 e. The highest BCUT2D eigenvalue weighted by Crippen LogP contribution is 2.14. The third-order valence-electron chi connectivity index (χ3n) is 4.69. The van der Waals surface area contributed by atoms with Crippen molar-refractivity contribution in [3.63, 3.8) is 0 Å². The molecule has 0 aromatic heterocycles. The highest BCUT2D eigenvalue weighted by atomic mass is 16.5. The van der Waals surface area contributed by atoms with E-state index in [0.29, 0.717) is 0 Å². The minimum Gasteiger partial charge on any atom is -0.501 e. The van der Waals surface area contributed by atoms with Gasteiger partial charge in [-0.1, -0.05) is 103 Å². The van der Waals surface area contributed by atoms with Gasteiger partial charge in [-0.25, -0.2) is 0 Å². The molecule has 0 aliphatic rings. The summed E-state index contributed by atoms with van der Waals surface area (Å²) in [6.07, 6.45) is 26.0. The second-order valence-electron chi connectivity index (χ2n) is 6.97. The van der Waals surface area contributed by atoms with E-state index in [2.05, 4.69) is 19.9 Å². The predicted molar refractivity (Wildman–Crippen MR) is 105 cm³/mol. The van der Waals surface area contributed by atoms with Gasteiger partial charge in [-0.2, -0.15) is 0 Å². The molecule has 0 N–H and O–H groups in total. The number of rotatable bonds is 18. The largest absolute Gasteiger partial charge is 0.501 e. The summed E-state index contributed by atoms with van der Waals surface area (Å²) >= 11 is 0. The number of methoxy groups -OCH3 is 1. The third-order valence-corrected chi connectivity index (χ3v) is 4.69. The zero-order valence-corrected chi connectivity index (χ0v) is 16.2. The van der Waals surface area contributed by atoms with Gasteiger partial charge < -0.3 is 4.74 Å². The Morgan fingerprint density at radius 3 is 1.35 bits per heavy atom. The molecule has 0 unspecified atom stereocenters. The predicted octanol–water partition coefficient (Wildman–Crippen LogP) is 8.00. The van der Waals surface area contributed by atoms with Gasteiger partial charge in [0.2, 0.25) is 0 Å². The van der Waals surface area contributed by atoms with Crippen LogP contribution < -0.4 is 0 Å². The van der Waals surface area contributed by atoms with Crippen molar-refractivity contribution in [2.75, 3.05) is 7.11 Å². The first-order chi connectivity index (χ1) is 11.3. The fraction of sp³-hybridized carbons (Fsp3) is 0.864. The van der Waals surface area contributed by atoms with Gasteiger partial charge in [-0.05, 0) is 18.9 Å². The first-order valence-electron chi connectivity index (χ1n) is 10.4. The third kappa shape index (κ3) is 19.5. The number of hydrogen-bond acceptors (Lipinski definition) is 1. The molecule has 0 fully saturated rings. The maximum atomic E-state index is 5.03. The Kier molecular flexibility index (Phi) is 19.2. The van der Waals surface area contributed by atoms with Gasteiger partial charge in [-0.3, -0.25) is 0 Å². The van der Waals surface area contributed by atoms with E-state index in [1.165, 1.54) is 103 Å². The maximum Gasteiger partial charge on any atom is 0.0920 e. The van der Waals surface area contributed by atoms with Gasteiger partial charge in [0.15, 0.2) is 0 Å². The molecule has 0 aromatic carbocycles. The summed E-state index contributed by atoms with van der Waals surface area (Å²) in [5.41, 5.74) is 0. The molecule has 0 saturated heterocycles. The summed E-state index contributed by atoms with van der Waals surface area (Å²) in [6.45, 7) is 6.10. The van der Waals surface area contributed by atoms with Crippen LogP contribution in [0.15, 0.2) is 11.8 Å². The zero-order valence-electron chi connectivity index (χ0n) is 16.2. The minimum atomic E-state index is 0.811. The van der Waals surface area contributed by atoms with Crippen LogP contribution in [-0.2, 0) is 4.74 Å². The molecule has 0 atom stereocenters. The highest BCUT2D eigenvalue weighted by molar-refractivity contribution is 4.95. The van der Waals surface area contributed by atoms with Gasteiger partial charge in [0.25, 0.3) is 0 Å². The normalized spacial score (nSPS) is 11.9. The van der Waals surface area contributed by atoms with E-state index < -0.39 is 0 Å². The lowest BCUT2D eigenvalue weighted by molar-refractivity contribution is 0.303. The summed E-state index contributed by atoms with van der Waals surface area (Å²) in [5.74, 6) is 0.811. The molecule has 0 spiro atoms. The van der Waals surface area contributed by atoms with Gasteiger partial charge in [0, 0.05) is 6.92 Å². The molecule has 0 aliphatic heterocycles. The standard InChI is InChI=1S/C22H43O/c1-4-5-6-7-8-9-10-11-12-13-14-15-16-17-18-19-20-21-22(2)23-3/h21H,2,4-20H2,1,3H3. The number of allylic oxidation sites excluding steroid dienone is 2. The van der Waals surface area contributed by atoms with Gasteiger partial charge in [-0.15, -0.1) is 0 Å². The van der Waals surface area contributed by atoms with Gasteiger partial charge >= 0.3 is 0 Å². The van der Waals surface area contributed by atoms with Crippen LogP contribution >= 0.6 is 0 Å². The fourth-order valence-corrected chi connectivity index (χ4v) is 3.04. The van der Waals surface area contributed by atoms with Crippen molar-refractivity contribution in [2.45, 2.75) is 116 Å². The summed E-state index contributed by atoms with van der Waals surface area (Å²) < 4.78 is 5.03. The molecule has 0 heterocycles. The Morgan fingerprint density at radius 1 is 0.652 bits per heavy atom. The SMILES string of the molecule is [CH2]C(=CCCCCCCCCCCCCCCCCCC)OC. The van der Waals surface area contributed by atoms with E-state index in [1.807, 2.05) is 0 Å². The van der Waals surface area contributed by atoms with Crippen LogP contribution in [0.1, 0.15) is 116 Å². The highest BCUT2D eigenvalue weighted by Gasteiger charge is 1.94. The molecule has 0 saturated carbocycles. The molecule has 0 aliphatic carbocycles. The van der Waals surface area contributed by atoms with E-state index >= 15 is 0 Å². The van der Waals surface area contributed by atoms with E-state index in [1.54, 1.807) is 7.11 Å². The van der Waals surface area contributed by atoms with Crippen LogP contribution in [0.25, 0.3) is 0 Å². The molecular formula is C22H43O. The van der Waals surface area contributed by atoms with Crippen molar-refractivity contribution < 1.29 is 4.74 Å². The molecular weight excluding hydrogens is 280 g/mol. The van der Waals surface area contributed by atoms with Crippen LogP contribution in [0, 0.1) is 6.92 Å². The summed E-state index contributed by atoms with van der Waals surface area (Å²) in [4.78, 5) is 0. The van der Waals surface area contributed by atoms with Crippen LogP contribution in [0.4, 0.5) is 0 Å². The Hall–Kier alpha value is -0.460.